The summed E-state index contributed by atoms with van der Waals surface area (Å²) in [6.45, 7) is 4.39. The van der Waals surface area contributed by atoms with Gasteiger partial charge in [0, 0.05) is 0 Å². The van der Waals surface area contributed by atoms with E-state index < -0.39 is 28.0 Å². The number of hydrogen-bond donors (Lipinski definition) is 3. The molecule has 1 atom stereocenters. The van der Waals surface area contributed by atoms with Crippen molar-refractivity contribution in [3.05, 3.63) is 0 Å². The van der Waals surface area contributed by atoms with Gasteiger partial charge >= 0.3 is 15.6 Å². The Hall–Kier alpha value is 0.220. The van der Waals surface area contributed by atoms with Crippen LogP contribution in [0.25, 0.3) is 0 Å². The molecule has 0 aliphatic carbocycles. The third-order valence-electron chi connectivity index (χ3n) is 0.917. The lowest BCUT2D eigenvalue weighted by Gasteiger charge is -2.20. The van der Waals surface area contributed by atoms with Crippen molar-refractivity contribution in [2.24, 2.45) is 0 Å². The Bertz CT molecular complexity index is 288. The van der Waals surface area contributed by atoms with Gasteiger partial charge in [-0.3, -0.25) is 4.52 Å². The van der Waals surface area contributed by atoms with Crippen molar-refractivity contribution >= 4 is 15.6 Å². The van der Waals surface area contributed by atoms with E-state index in [-0.39, 0.29) is 0 Å². The second kappa shape index (κ2) is 5.03. The molecule has 15 heavy (non-hydrogen) atoms. The third kappa shape index (κ3) is 10.5. The smallest absolute Gasteiger partial charge is 0.349 e. The van der Waals surface area contributed by atoms with Crippen LogP contribution < -0.4 is 0 Å². The predicted molar refractivity (Wildman–Crippen MR) is 49.7 cm³/mol. The van der Waals surface area contributed by atoms with Crippen LogP contribution in [0.15, 0.2) is 0 Å². The van der Waals surface area contributed by atoms with Crippen molar-refractivity contribution in [3.63, 3.8) is 0 Å². The molecule has 0 aromatic heterocycles. The zero-order valence-electron chi connectivity index (χ0n) is 8.48. The summed E-state index contributed by atoms with van der Waals surface area (Å²) in [5.74, 6) is 0. The number of hydrogen-bond acceptors (Lipinski definition) is 5. The lowest BCUT2D eigenvalue weighted by atomic mass is 10.2. The Morgan fingerprint density at radius 1 is 1.13 bits per heavy atom. The Morgan fingerprint density at radius 3 is 1.93 bits per heavy atom. The highest BCUT2D eigenvalue weighted by Crippen LogP contribution is 2.57. The lowest BCUT2D eigenvalue weighted by Crippen LogP contribution is -2.20. The van der Waals surface area contributed by atoms with E-state index in [0.29, 0.717) is 0 Å². The third-order valence-corrected chi connectivity index (χ3v) is 3.03. The number of phosphoric acid groups is 2. The van der Waals surface area contributed by atoms with E-state index in [4.69, 9.17) is 19.4 Å². The lowest BCUT2D eigenvalue weighted by molar-refractivity contribution is -0.0834. The topological polar surface area (TPSA) is 123 Å². The Kier molecular flexibility index (Phi) is 5.11. The molecule has 0 saturated carbocycles. The Balaban J connectivity index is 4.07. The van der Waals surface area contributed by atoms with Crippen molar-refractivity contribution in [2.75, 3.05) is 6.79 Å². The van der Waals surface area contributed by atoms with Crippen molar-refractivity contribution < 1.29 is 37.4 Å². The van der Waals surface area contributed by atoms with Crippen LogP contribution >= 0.6 is 15.6 Å². The van der Waals surface area contributed by atoms with E-state index >= 15 is 0 Å². The first-order chi connectivity index (χ1) is 6.41. The quantitative estimate of drug-likeness (QED) is 0.496. The zero-order valence-corrected chi connectivity index (χ0v) is 10.3. The maximum atomic E-state index is 10.9. The van der Waals surface area contributed by atoms with Crippen molar-refractivity contribution in [1.29, 1.82) is 0 Å². The van der Waals surface area contributed by atoms with Crippen LogP contribution in [0.1, 0.15) is 20.8 Å². The fourth-order valence-electron chi connectivity index (χ4n) is 0.428. The molecule has 0 saturated heterocycles. The second-order valence-corrected chi connectivity index (χ2v) is 6.37. The van der Waals surface area contributed by atoms with Gasteiger partial charge in [-0.05, 0) is 20.8 Å². The molecule has 0 amide bonds. The molecule has 0 aliphatic rings. The fourth-order valence-corrected chi connectivity index (χ4v) is 1.88. The van der Waals surface area contributed by atoms with E-state index in [2.05, 4.69) is 8.83 Å². The summed E-state index contributed by atoms with van der Waals surface area (Å²) in [6.07, 6.45) is 0. The highest BCUT2D eigenvalue weighted by molar-refractivity contribution is 7.60. The van der Waals surface area contributed by atoms with Crippen molar-refractivity contribution in [3.8, 4) is 0 Å². The molecule has 0 aromatic rings. The molecule has 0 fully saturated rings. The average molecular weight is 264 g/mol. The molecule has 8 nitrogen and oxygen atoms in total. The summed E-state index contributed by atoms with van der Waals surface area (Å²) in [5, 5.41) is 0. The average Bonchev–Trinajstić information content (AvgIpc) is 1.75. The molecular formula is C5H14O8P2. The zero-order chi connectivity index (χ0) is 12.3. The SMILES string of the molecule is CC(C)(C)OCOP(=O)(O)OP(=O)(O)O. The summed E-state index contributed by atoms with van der Waals surface area (Å²) >= 11 is 0. The highest BCUT2D eigenvalue weighted by atomic mass is 31.3. The van der Waals surface area contributed by atoms with E-state index in [1.165, 1.54) is 0 Å². The van der Waals surface area contributed by atoms with Gasteiger partial charge in [0.1, 0.15) is 0 Å². The van der Waals surface area contributed by atoms with Crippen LogP contribution in [-0.2, 0) is 22.7 Å². The van der Waals surface area contributed by atoms with Crippen LogP contribution in [0, 0.1) is 0 Å². The number of rotatable bonds is 5. The highest BCUT2D eigenvalue weighted by Gasteiger charge is 2.32. The maximum absolute atomic E-state index is 10.9. The van der Waals surface area contributed by atoms with Crippen LogP contribution in [0.2, 0.25) is 0 Å². The molecule has 3 N–H and O–H groups in total. The molecular weight excluding hydrogens is 250 g/mol. The minimum Gasteiger partial charge on any atom is -0.349 e. The Labute approximate surface area is 87.0 Å². The largest absolute Gasteiger partial charge is 0.483 e. The summed E-state index contributed by atoms with van der Waals surface area (Å²) in [6, 6.07) is 0. The summed E-state index contributed by atoms with van der Waals surface area (Å²) in [5.41, 5.74) is -0.609. The minimum absolute atomic E-state index is 0.609. The number of ether oxygens (including phenoxy) is 1. The van der Waals surface area contributed by atoms with Gasteiger partial charge in [-0.2, -0.15) is 4.31 Å². The molecule has 0 heterocycles. The first-order valence-electron chi connectivity index (χ1n) is 3.79. The van der Waals surface area contributed by atoms with Gasteiger partial charge in [-0.25, -0.2) is 9.13 Å². The fraction of sp³-hybridized carbons (Fsp3) is 1.00. The van der Waals surface area contributed by atoms with E-state index in [0.717, 1.165) is 0 Å². The second-order valence-electron chi connectivity index (χ2n) is 3.54. The van der Waals surface area contributed by atoms with E-state index in [9.17, 15) is 9.13 Å². The van der Waals surface area contributed by atoms with Crippen LogP contribution in [-0.4, -0.2) is 27.1 Å². The minimum atomic E-state index is -5.06. The van der Waals surface area contributed by atoms with Crippen molar-refractivity contribution in [2.45, 2.75) is 26.4 Å². The predicted octanol–water partition coefficient (Wildman–Crippen LogP) is 0.985. The molecule has 0 aromatic carbocycles. The molecule has 0 spiro atoms. The van der Waals surface area contributed by atoms with Gasteiger partial charge in [-0.15, -0.1) is 0 Å². The molecule has 1 unspecified atom stereocenters. The molecule has 0 aliphatic heterocycles. The monoisotopic (exact) mass is 264 g/mol. The number of phosphoric ester groups is 1. The first-order valence-corrected chi connectivity index (χ1v) is 6.82. The van der Waals surface area contributed by atoms with Gasteiger partial charge in [0.15, 0.2) is 6.79 Å². The summed E-state index contributed by atoms with van der Waals surface area (Å²) in [7, 11) is -9.85. The molecule has 0 rings (SSSR count). The van der Waals surface area contributed by atoms with Crippen LogP contribution in [0.4, 0.5) is 0 Å². The van der Waals surface area contributed by atoms with E-state index in [1.807, 2.05) is 0 Å². The van der Waals surface area contributed by atoms with Gasteiger partial charge in [-0.1, -0.05) is 0 Å². The van der Waals surface area contributed by atoms with E-state index in [1.54, 1.807) is 20.8 Å². The Morgan fingerprint density at radius 2 is 1.60 bits per heavy atom. The standard InChI is InChI=1S/C5H14O8P2/c1-5(2,3)11-4-12-15(9,10)13-14(6,7)8/h4H2,1-3H3,(H,9,10)(H2,6,7,8). The van der Waals surface area contributed by atoms with Gasteiger partial charge in [0.05, 0.1) is 5.60 Å². The van der Waals surface area contributed by atoms with Gasteiger partial charge in [0.2, 0.25) is 0 Å². The van der Waals surface area contributed by atoms with Gasteiger partial charge < -0.3 is 19.4 Å². The molecule has 0 bridgehead atoms. The molecule has 10 heteroatoms. The van der Waals surface area contributed by atoms with Crippen molar-refractivity contribution in [1.82, 2.24) is 0 Å². The summed E-state index contributed by atoms with van der Waals surface area (Å²) < 4.78 is 33.6. The normalized spacial score (nSPS) is 17.5. The van der Waals surface area contributed by atoms with Crippen LogP contribution in [0.5, 0.6) is 0 Å². The summed E-state index contributed by atoms with van der Waals surface area (Å²) in [4.78, 5) is 25.3. The first kappa shape index (κ1) is 15.2. The maximum Gasteiger partial charge on any atom is 0.483 e. The van der Waals surface area contributed by atoms with Gasteiger partial charge in [0.25, 0.3) is 0 Å². The van der Waals surface area contributed by atoms with Crippen LogP contribution in [0.3, 0.4) is 0 Å². The molecule has 0 radical (unpaired) electrons. The molecule has 92 valence electrons.